The zero-order valence-corrected chi connectivity index (χ0v) is 15.8. The van der Waals surface area contributed by atoms with Crippen LogP contribution in [-0.4, -0.2) is 49.1 Å². The van der Waals surface area contributed by atoms with E-state index >= 15 is 0 Å². The van der Waals surface area contributed by atoms with Crippen LogP contribution in [0.15, 0.2) is 36.5 Å². The van der Waals surface area contributed by atoms with Crippen LogP contribution in [0.5, 0.6) is 0 Å². The predicted molar refractivity (Wildman–Crippen MR) is 103 cm³/mol. The normalized spacial score (nSPS) is 18.3. The van der Waals surface area contributed by atoms with Crippen LogP contribution in [0.3, 0.4) is 0 Å². The van der Waals surface area contributed by atoms with Crippen molar-refractivity contribution in [3.63, 3.8) is 0 Å². The lowest BCUT2D eigenvalue weighted by molar-refractivity contribution is 0.196. The van der Waals surface area contributed by atoms with Crippen molar-refractivity contribution in [2.45, 2.75) is 38.4 Å². The standard InChI is InChI=1S/C20H24FN7/c21-16-1-3-17(4-2-16)28-18(5-8-23-28)14-26-10-6-15(7-11-26)20-25-24-19-13-22-9-12-27(19)20/h1-5,8,15,22H,6-7,9-14H2. The van der Waals surface area contributed by atoms with E-state index in [1.54, 1.807) is 12.1 Å². The van der Waals surface area contributed by atoms with Crippen LogP contribution in [0, 0.1) is 5.82 Å². The SMILES string of the molecule is Fc1ccc(-n2nccc2CN2CCC(c3nnc4n3CCNC4)CC2)cc1. The van der Waals surface area contributed by atoms with Gasteiger partial charge in [0, 0.05) is 31.7 Å². The Balaban J connectivity index is 1.24. The number of aromatic nitrogens is 5. The molecule has 4 heterocycles. The molecule has 0 aliphatic carbocycles. The molecule has 0 bridgehead atoms. The second-order valence-electron chi connectivity index (χ2n) is 7.56. The second kappa shape index (κ2) is 7.44. The fourth-order valence-electron chi connectivity index (χ4n) is 4.26. The number of benzene rings is 1. The molecule has 0 saturated carbocycles. The number of piperidine rings is 1. The largest absolute Gasteiger partial charge is 0.312 e. The van der Waals surface area contributed by atoms with Gasteiger partial charge in [-0.25, -0.2) is 9.07 Å². The molecule has 3 aromatic rings. The van der Waals surface area contributed by atoms with Gasteiger partial charge in [-0.15, -0.1) is 10.2 Å². The first-order chi connectivity index (χ1) is 13.8. The van der Waals surface area contributed by atoms with Gasteiger partial charge in [0.05, 0.1) is 17.9 Å². The van der Waals surface area contributed by atoms with E-state index in [9.17, 15) is 4.39 Å². The average Bonchev–Trinajstić information content (AvgIpc) is 3.36. The summed E-state index contributed by atoms with van der Waals surface area (Å²) in [6, 6.07) is 8.52. The fraction of sp³-hybridized carbons (Fsp3) is 0.450. The van der Waals surface area contributed by atoms with E-state index in [1.165, 1.54) is 12.1 Å². The van der Waals surface area contributed by atoms with Gasteiger partial charge in [-0.1, -0.05) is 0 Å². The molecule has 2 aliphatic heterocycles. The minimum atomic E-state index is -0.231. The Morgan fingerprint density at radius 3 is 2.68 bits per heavy atom. The fourth-order valence-corrected chi connectivity index (χ4v) is 4.26. The van der Waals surface area contributed by atoms with Crippen molar-refractivity contribution in [3.8, 4) is 5.69 Å². The Kier molecular flexibility index (Phi) is 4.66. The predicted octanol–water partition coefficient (Wildman–Crippen LogP) is 2.09. The molecule has 5 rings (SSSR count). The highest BCUT2D eigenvalue weighted by Crippen LogP contribution is 2.28. The van der Waals surface area contributed by atoms with Gasteiger partial charge in [0.15, 0.2) is 0 Å². The summed E-state index contributed by atoms with van der Waals surface area (Å²) < 4.78 is 17.4. The van der Waals surface area contributed by atoms with Crippen molar-refractivity contribution in [2.75, 3.05) is 19.6 Å². The van der Waals surface area contributed by atoms with Crippen LogP contribution < -0.4 is 5.32 Å². The number of likely N-dealkylation sites (tertiary alicyclic amines) is 1. The first-order valence-electron chi connectivity index (χ1n) is 9.92. The quantitative estimate of drug-likeness (QED) is 0.750. The Morgan fingerprint density at radius 1 is 1.04 bits per heavy atom. The van der Waals surface area contributed by atoms with Crippen LogP contribution in [0.1, 0.15) is 36.1 Å². The summed E-state index contributed by atoms with van der Waals surface area (Å²) >= 11 is 0. The molecule has 2 aliphatic rings. The van der Waals surface area contributed by atoms with Gasteiger partial charge in [0.2, 0.25) is 0 Å². The molecule has 7 nitrogen and oxygen atoms in total. The van der Waals surface area contributed by atoms with Crippen LogP contribution >= 0.6 is 0 Å². The summed E-state index contributed by atoms with van der Waals surface area (Å²) in [6.45, 7) is 5.67. The first-order valence-corrected chi connectivity index (χ1v) is 9.92. The molecule has 2 aromatic heterocycles. The van der Waals surface area contributed by atoms with Crippen LogP contribution in [-0.2, 0) is 19.6 Å². The minimum Gasteiger partial charge on any atom is -0.312 e. The zero-order chi connectivity index (χ0) is 18.9. The van der Waals surface area contributed by atoms with Crippen LogP contribution in [0.2, 0.25) is 0 Å². The molecule has 28 heavy (non-hydrogen) atoms. The van der Waals surface area contributed by atoms with E-state index < -0.39 is 0 Å². The molecular weight excluding hydrogens is 357 g/mol. The van der Waals surface area contributed by atoms with Crippen molar-refractivity contribution >= 4 is 0 Å². The molecule has 8 heteroatoms. The lowest BCUT2D eigenvalue weighted by Crippen LogP contribution is -2.35. The molecule has 146 valence electrons. The van der Waals surface area contributed by atoms with Crippen LogP contribution in [0.4, 0.5) is 4.39 Å². The van der Waals surface area contributed by atoms with Crippen molar-refractivity contribution in [1.29, 1.82) is 0 Å². The molecule has 1 aromatic carbocycles. The summed E-state index contributed by atoms with van der Waals surface area (Å²) in [7, 11) is 0. The average molecular weight is 381 g/mol. The monoisotopic (exact) mass is 381 g/mol. The number of halogens is 1. The Bertz CT molecular complexity index is 938. The lowest BCUT2D eigenvalue weighted by atomic mass is 9.95. The van der Waals surface area contributed by atoms with Gasteiger partial charge in [0.1, 0.15) is 17.5 Å². The first kappa shape index (κ1) is 17.5. The summed E-state index contributed by atoms with van der Waals surface area (Å²) in [5, 5.41) is 16.6. The number of hydrogen-bond acceptors (Lipinski definition) is 5. The number of nitrogens with zero attached hydrogens (tertiary/aromatic N) is 6. The molecular formula is C20H24FN7. The third-order valence-electron chi connectivity index (χ3n) is 5.78. The maximum Gasteiger partial charge on any atom is 0.147 e. The van der Waals surface area contributed by atoms with Crippen molar-refractivity contribution in [2.24, 2.45) is 0 Å². The van der Waals surface area contributed by atoms with E-state index in [0.29, 0.717) is 5.92 Å². The molecule has 0 unspecified atom stereocenters. The Labute approximate surface area is 163 Å². The van der Waals surface area contributed by atoms with Gasteiger partial charge >= 0.3 is 0 Å². The maximum absolute atomic E-state index is 13.2. The highest BCUT2D eigenvalue weighted by atomic mass is 19.1. The summed E-state index contributed by atoms with van der Waals surface area (Å²) in [5.41, 5.74) is 2.01. The van der Waals surface area contributed by atoms with Crippen LogP contribution in [0.25, 0.3) is 5.69 Å². The minimum absolute atomic E-state index is 0.231. The van der Waals surface area contributed by atoms with Crippen molar-refractivity contribution in [1.82, 2.24) is 34.8 Å². The summed E-state index contributed by atoms with van der Waals surface area (Å²) in [6.07, 6.45) is 3.99. The topological polar surface area (TPSA) is 63.8 Å². The van der Waals surface area contributed by atoms with E-state index in [0.717, 1.165) is 75.1 Å². The van der Waals surface area contributed by atoms with E-state index in [1.807, 2.05) is 16.9 Å². The molecule has 1 N–H and O–H groups in total. The molecule has 1 fully saturated rings. The van der Waals surface area contributed by atoms with Crippen molar-refractivity contribution < 1.29 is 4.39 Å². The van der Waals surface area contributed by atoms with E-state index in [2.05, 4.69) is 30.1 Å². The van der Waals surface area contributed by atoms with Gasteiger partial charge in [0.25, 0.3) is 0 Å². The lowest BCUT2D eigenvalue weighted by Gasteiger charge is -2.32. The zero-order valence-electron chi connectivity index (χ0n) is 15.8. The molecule has 1 saturated heterocycles. The molecule has 0 radical (unpaired) electrons. The van der Waals surface area contributed by atoms with E-state index in [-0.39, 0.29) is 5.82 Å². The third kappa shape index (κ3) is 3.33. The number of hydrogen-bond donors (Lipinski definition) is 1. The van der Waals surface area contributed by atoms with Gasteiger partial charge in [-0.05, 0) is 56.3 Å². The van der Waals surface area contributed by atoms with E-state index in [4.69, 9.17) is 0 Å². The molecule has 0 atom stereocenters. The molecule has 0 spiro atoms. The molecule has 0 amide bonds. The Hall–Kier alpha value is -2.58. The summed E-state index contributed by atoms with van der Waals surface area (Å²) in [5.74, 6) is 2.47. The van der Waals surface area contributed by atoms with Gasteiger partial charge in [-0.3, -0.25) is 4.90 Å². The number of fused-ring (bicyclic) bond motifs is 1. The van der Waals surface area contributed by atoms with Crippen molar-refractivity contribution in [3.05, 3.63) is 59.7 Å². The highest BCUT2D eigenvalue weighted by Gasteiger charge is 2.27. The van der Waals surface area contributed by atoms with Gasteiger partial charge < -0.3 is 9.88 Å². The smallest absolute Gasteiger partial charge is 0.147 e. The summed E-state index contributed by atoms with van der Waals surface area (Å²) in [4.78, 5) is 2.46. The number of rotatable bonds is 4. The van der Waals surface area contributed by atoms with Gasteiger partial charge in [-0.2, -0.15) is 5.10 Å². The Morgan fingerprint density at radius 2 is 1.86 bits per heavy atom. The highest BCUT2D eigenvalue weighted by molar-refractivity contribution is 5.32. The maximum atomic E-state index is 13.2. The second-order valence-corrected chi connectivity index (χ2v) is 7.56. The third-order valence-corrected chi connectivity index (χ3v) is 5.78. The number of nitrogens with one attached hydrogen (secondary N) is 1.